The summed E-state index contributed by atoms with van der Waals surface area (Å²) >= 11 is 0. The minimum atomic E-state index is -0.581. The number of aromatic amines is 1. The molecule has 0 aliphatic carbocycles. The fourth-order valence-corrected chi connectivity index (χ4v) is 1.65. The lowest BCUT2D eigenvalue weighted by Crippen LogP contribution is -2.12. The number of nitrogens with one attached hydrogen (secondary N) is 2. The first-order chi connectivity index (χ1) is 6.77. The molecule has 1 aromatic carbocycles. The Morgan fingerprint density at radius 2 is 2.07 bits per heavy atom. The molecule has 0 bridgehead atoms. The Labute approximate surface area is 78.1 Å². The van der Waals surface area contributed by atoms with Crippen molar-refractivity contribution >= 4 is 28.3 Å². The van der Waals surface area contributed by atoms with Gasteiger partial charge < -0.3 is 5.32 Å². The van der Waals surface area contributed by atoms with Gasteiger partial charge in [-0.15, -0.1) is 0 Å². The van der Waals surface area contributed by atoms with Crippen molar-refractivity contribution in [3.05, 3.63) is 23.9 Å². The van der Waals surface area contributed by atoms with Crippen LogP contribution in [0.2, 0.25) is 0 Å². The summed E-state index contributed by atoms with van der Waals surface area (Å²) in [6.07, 6.45) is 1.62. The van der Waals surface area contributed by atoms with E-state index in [0.29, 0.717) is 16.8 Å². The third-order valence-electron chi connectivity index (χ3n) is 2.30. The highest BCUT2D eigenvalue weighted by atomic mass is 16.2. The van der Waals surface area contributed by atoms with E-state index in [2.05, 4.69) is 15.5 Å². The third-order valence-corrected chi connectivity index (χ3v) is 2.30. The molecule has 68 valence electrons. The van der Waals surface area contributed by atoms with Gasteiger partial charge in [-0.1, -0.05) is 0 Å². The molecule has 2 heterocycles. The summed E-state index contributed by atoms with van der Waals surface area (Å²) in [7, 11) is 0. The third kappa shape index (κ3) is 0.711. The van der Waals surface area contributed by atoms with Crippen LogP contribution in [0.15, 0.2) is 18.3 Å². The van der Waals surface area contributed by atoms with Crippen LogP contribution in [0.4, 0.5) is 5.69 Å². The summed E-state index contributed by atoms with van der Waals surface area (Å²) in [6.45, 7) is 0. The summed E-state index contributed by atoms with van der Waals surface area (Å²) in [4.78, 5) is 22.6. The Hall–Kier alpha value is -2.17. The Bertz CT molecular complexity index is 570. The van der Waals surface area contributed by atoms with Crippen molar-refractivity contribution in [2.75, 3.05) is 5.32 Å². The zero-order valence-corrected chi connectivity index (χ0v) is 7.00. The number of H-pyrrole nitrogens is 1. The Morgan fingerprint density at radius 3 is 2.93 bits per heavy atom. The number of anilines is 1. The number of fused-ring (bicyclic) bond motifs is 3. The zero-order chi connectivity index (χ0) is 9.71. The monoisotopic (exact) mass is 187 g/mol. The zero-order valence-electron chi connectivity index (χ0n) is 7.00. The number of carbonyl (C=O) groups is 2. The molecule has 2 N–H and O–H groups in total. The van der Waals surface area contributed by atoms with Crippen LogP contribution < -0.4 is 5.32 Å². The summed E-state index contributed by atoms with van der Waals surface area (Å²) in [5.74, 6) is -1.09. The Balaban J connectivity index is 2.46. The van der Waals surface area contributed by atoms with E-state index in [1.165, 1.54) is 0 Å². The van der Waals surface area contributed by atoms with Crippen molar-refractivity contribution < 1.29 is 9.59 Å². The first-order valence-corrected chi connectivity index (χ1v) is 4.09. The predicted octanol–water partition coefficient (Wildman–Crippen LogP) is 0.698. The van der Waals surface area contributed by atoms with E-state index >= 15 is 0 Å². The molecular formula is C9H5N3O2. The van der Waals surface area contributed by atoms with Gasteiger partial charge in [-0.05, 0) is 12.1 Å². The normalized spacial score (nSPS) is 14.6. The van der Waals surface area contributed by atoms with Crippen LogP contribution in [-0.2, 0) is 4.79 Å². The van der Waals surface area contributed by atoms with Crippen molar-refractivity contribution in [1.82, 2.24) is 10.2 Å². The summed E-state index contributed by atoms with van der Waals surface area (Å²) in [5.41, 5.74) is 1.56. The van der Waals surface area contributed by atoms with Crippen LogP contribution >= 0.6 is 0 Å². The van der Waals surface area contributed by atoms with Gasteiger partial charge in [-0.3, -0.25) is 14.7 Å². The van der Waals surface area contributed by atoms with Gasteiger partial charge in [-0.25, -0.2) is 0 Å². The van der Waals surface area contributed by atoms with E-state index in [9.17, 15) is 9.59 Å². The maximum atomic E-state index is 11.4. The minimum Gasteiger partial charge on any atom is -0.318 e. The van der Waals surface area contributed by atoms with Crippen LogP contribution in [0, 0.1) is 0 Å². The topological polar surface area (TPSA) is 74.8 Å². The molecule has 14 heavy (non-hydrogen) atoms. The molecule has 1 aliphatic rings. The van der Waals surface area contributed by atoms with Gasteiger partial charge in [0.05, 0.1) is 23.0 Å². The van der Waals surface area contributed by atoms with E-state index in [1.54, 1.807) is 18.3 Å². The molecule has 0 saturated heterocycles. The molecular weight excluding hydrogens is 182 g/mol. The van der Waals surface area contributed by atoms with Crippen molar-refractivity contribution in [3.63, 3.8) is 0 Å². The minimum absolute atomic E-state index is 0.394. The first-order valence-electron chi connectivity index (χ1n) is 4.09. The Kier molecular flexibility index (Phi) is 1.14. The average molecular weight is 187 g/mol. The molecule has 0 radical (unpaired) electrons. The molecule has 0 atom stereocenters. The number of amides is 1. The lowest BCUT2D eigenvalue weighted by Gasteiger charge is -1.96. The van der Waals surface area contributed by atoms with Gasteiger partial charge in [0.25, 0.3) is 11.7 Å². The van der Waals surface area contributed by atoms with Crippen molar-refractivity contribution in [2.24, 2.45) is 0 Å². The quantitative estimate of drug-likeness (QED) is 0.596. The predicted molar refractivity (Wildman–Crippen MR) is 49.1 cm³/mol. The van der Waals surface area contributed by atoms with Crippen LogP contribution in [0.1, 0.15) is 10.4 Å². The first kappa shape index (κ1) is 7.25. The van der Waals surface area contributed by atoms with Crippen LogP contribution in [0.5, 0.6) is 0 Å². The number of aromatic nitrogens is 2. The summed E-state index contributed by atoms with van der Waals surface area (Å²) in [5, 5.41) is 9.85. The molecule has 5 nitrogen and oxygen atoms in total. The smallest absolute Gasteiger partial charge is 0.296 e. The van der Waals surface area contributed by atoms with Gasteiger partial charge in [0, 0.05) is 5.39 Å². The number of Topliss-reactive ketones (excluding diaryl/α,β-unsaturated/α-hetero) is 1. The molecule has 1 aromatic heterocycles. The fourth-order valence-electron chi connectivity index (χ4n) is 1.65. The van der Waals surface area contributed by atoms with Crippen molar-refractivity contribution in [2.45, 2.75) is 0 Å². The van der Waals surface area contributed by atoms with Crippen molar-refractivity contribution in [1.29, 1.82) is 0 Å². The molecule has 5 heteroatoms. The Morgan fingerprint density at radius 1 is 1.21 bits per heavy atom. The number of rotatable bonds is 0. The molecule has 1 aliphatic heterocycles. The molecule has 0 unspecified atom stereocenters. The van der Waals surface area contributed by atoms with Gasteiger partial charge in [0.2, 0.25) is 0 Å². The maximum absolute atomic E-state index is 11.4. The molecule has 0 saturated carbocycles. The SMILES string of the molecule is O=C1Nc2ccc3cn[nH]c3c2C1=O. The van der Waals surface area contributed by atoms with Crippen LogP contribution in [0.3, 0.4) is 0 Å². The number of nitrogens with zero attached hydrogens (tertiary/aromatic N) is 1. The van der Waals surface area contributed by atoms with Crippen molar-refractivity contribution in [3.8, 4) is 0 Å². The summed E-state index contributed by atoms with van der Waals surface area (Å²) in [6, 6.07) is 3.51. The van der Waals surface area contributed by atoms with Crippen LogP contribution in [-0.4, -0.2) is 21.9 Å². The molecule has 0 spiro atoms. The molecule has 0 fully saturated rings. The highest BCUT2D eigenvalue weighted by molar-refractivity contribution is 6.53. The molecule has 3 rings (SSSR count). The van der Waals surface area contributed by atoms with E-state index in [1.807, 2.05) is 0 Å². The highest BCUT2D eigenvalue weighted by Gasteiger charge is 2.30. The second-order valence-corrected chi connectivity index (χ2v) is 3.11. The lowest BCUT2D eigenvalue weighted by atomic mass is 10.1. The molecule has 1 amide bonds. The average Bonchev–Trinajstić information content (AvgIpc) is 2.72. The van der Waals surface area contributed by atoms with E-state index in [0.717, 1.165) is 5.39 Å². The van der Waals surface area contributed by atoms with Gasteiger partial charge >= 0.3 is 0 Å². The second-order valence-electron chi connectivity index (χ2n) is 3.11. The fraction of sp³-hybridized carbons (Fsp3) is 0. The number of hydrogen-bond acceptors (Lipinski definition) is 3. The summed E-state index contributed by atoms with van der Waals surface area (Å²) < 4.78 is 0. The number of benzene rings is 1. The standard InChI is InChI=1S/C9H5N3O2/c13-8-6-5(11-9(8)14)2-1-4-3-10-12-7(4)6/h1-3H,(H,10,12)(H,11,13,14). The van der Waals surface area contributed by atoms with Gasteiger partial charge in [-0.2, -0.15) is 5.10 Å². The number of carbonyl (C=O) groups excluding carboxylic acids is 2. The van der Waals surface area contributed by atoms with E-state index < -0.39 is 11.7 Å². The second kappa shape index (κ2) is 2.20. The largest absolute Gasteiger partial charge is 0.318 e. The van der Waals surface area contributed by atoms with E-state index in [4.69, 9.17) is 0 Å². The number of hydrogen-bond donors (Lipinski definition) is 2. The maximum Gasteiger partial charge on any atom is 0.296 e. The van der Waals surface area contributed by atoms with Gasteiger partial charge in [0.15, 0.2) is 0 Å². The highest BCUT2D eigenvalue weighted by Crippen LogP contribution is 2.29. The van der Waals surface area contributed by atoms with Crippen LogP contribution in [0.25, 0.3) is 10.9 Å². The van der Waals surface area contributed by atoms with E-state index in [-0.39, 0.29) is 0 Å². The van der Waals surface area contributed by atoms with Gasteiger partial charge in [0.1, 0.15) is 0 Å². The molecule has 2 aromatic rings. The lowest BCUT2D eigenvalue weighted by molar-refractivity contribution is -0.112. The number of ketones is 1.